The zero-order valence-electron chi connectivity index (χ0n) is 17.5. The average molecular weight is 376 g/mol. The molecule has 1 aliphatic heterocycles. The van der Waals surface area contributed by atoms with Crippen molar-refractivity contribution in [3.63, 3.8) is 0 Å². The summed E-state index contributed by atoms with van der Waals surface area (Å²) in [5, 5.41) is 6.83. The Kier molecular flexibility index (Phi) is 9.64. The van der Waals surface area contributed by atoms with Crippen LogP contribution in [0.25, 0.3) is 0 Å². The van der Waals surface area contributed by atoms with E-state index >= 15 is 0 Å². The fourth-order valence-electron chi connectivity index (χ4n) is 3.24. The van der Waals surface area contributed by atoms with E-state index in [0.717, 1.165) is 58.2 Å². The molecular formula is C22H37N3O2. The van der Waals surface area contributed by atoms with Gasteiger partial charge in [-0.3, -0.25) is 4.99 Å². The van der Waals surface area contributed by atoms with Gasteiger partial charge in [0.05, 0.1) is 19.3 Å². The van der Waals surface area contributed by atoms with Crippen molar-refractivity contribution in [3.05, 3.63) is 35.4 Å². The Morgan fingerprint density at radius 1 is 1.26 bits per heavy atom. The van der Waals surface area contributed by atoms with E-state index in [4.69, 9.17) is 9.47 Å². The number of rotatable bonds is 10. The highest BCUT2D eigenvalue weighted by Crippen LogP contribution is 2.15. The molecule has 0 amide bonds. The van der Waals surface area contributed by atoms with Crippen LogP contribution in [-0.2, 0) is 15.9 Å². The maximum Gasteiger partial charge on any atom is 0.191 e. The lowest BCUT2D eigenvalue weighted by atomic mass is 10.00. The summed E-state index contributed by atoms with van der Waals surface area (Å²) in [6, 6.07) is 9.10. The Hall–Kier alpha value is -1.59. The maximum absolute atomic E-state index is 5.74. The maximum atomic E-state index is 5.74. The first-order chi connectivity index (χ1) is 13.1. The molecule has 5 nitrogen and oxygen atoms in total. The minimum Gasteiger partial charge on any atom is -0.381 e. The van der Waals surface area contributed by atoms with Crippen molar-refractivity contribution in [2.24, 2.45) is 16.8 Å². The SMILES string of the molecule is CN=C(NCCCOCC1CCOC1)NC(C)c1ccc(CC(C)C)cc1. The van der Waals surface area contributed by atoms with Crippen molar-refractivity contribution in [1.82, 2.24) is 10.6 Å². The third-order valence-electron chi connectivity index (χ3n) is 4.84. The Morgan fingerprint density at radius 2 is 2.04 bits per heavy atom. The number of benzene rings is 1. The van der Waals surface area contributed by atoms with Gasteiger partial charge in [-0.05, 0) is 43.2 Å². The molecule has 0 bridgehead atoms. The minimum atomic E-state index is 0.211. The van der Waals surface area contributed by atoms with Crippen molar-refractivity contribution < 1.29 is 9.47 Å². The van der Waals surface area contributed by atoms with Crippen LogP contribution in [0, 0.1) is 11.8 Å². The highest BCUT2D eigenvalue weighted by Gasteiger charge is 2.15. The molecule has 2 atom stereocenters. The lowest BCUT2D eigenvalue weighted by Gasteiger charge is -2.19. The molecule has 1 aromatic carbocycles. The summed E-state index contributed by atoms with van der Waals surface area (Å²) in [6.45, 7) is 10.8. The van der Waals surface area contributed by atoms with Crippen molar-refractivity contribution in [2.45, 2.75) is 46.1 Å². The molecule has 0 radical (unpaired) electrons. The van der Waals surface area contributed by atoms with Gasteiger partial charge in [0, 0.05) is 32.7 Å². The smallest absolute Gasteiger partial charge is 0.191 e. The number of nitrogens with zero attached hydrogens (tertiary/aromatic N) is 1. The molecule has 1 heterocycles. The van der Waals surface area contributed by atoms with E-state index in [1.807, 2.05) is 7.05 Å². The van der Waals surface area contributed by atoms with Gasteiger partial charge in [0.15, 0.2) is 5.96 Å². The summed E-state index contributed by atoms with van der Waals surface area (Å²) in [5.41, 5.74) is 2.67. The topological polar surface area (TPSA) is 54.9 Å². The monoisotopic (exact) mass is 375 g/mol. The highest BCUT2D eigenvalue weighted by atomic mass is 16.5. The summed E-state index contributed by atoms with van der Waals surface area (Å²) < 4.78 is 11.1. The second-order valence-electron chi connectivity index (χ2n) is 7.86. The van der Waals surface area contributed by atoms with Gasteiger partial charge in [0.25, 0.3) is 0 Å². The van der Waals surface area contributed by atoms with Crippen LogP contribution < -0.4 is 10.6 Å². The van der Waals surface area contributed by atoms with Crippen LogP contribution in [0.5, 0.6) is 0 Å². The molecule has 0 saturated carbocycles. The lowest BCUT2D eigenvalue weighted by Crippen LogP contribution is -2.39. The third-order valence-corrected chi connectivity index (χ3v) is 4.84. The summed E-state index contributed by atoms with van der Waals surface area (Å²) in [6.07, 6.45) is 3.22. The number of aliphatic imine (C=N–C) groups is 1. The van der Waals surface area contributed by atoms with E-state index in [1.54, 1.807) is 0 Å². The molecule has 0 aliphatic carbocycles. The van der Waals surface area contributed by atoms with Crippen LogP contribution in [0.3, 0.4) is 0 Å². The summed E-state index contributed by atoms with van der Waals surface area (Å²) >= 11 is 0. The van der Waals surface area contributed by atoms with Crippen LogP contribution >= 0.6 is 0 Å². The Balaban J connectivity index is 1.64. The molecule has 1 aromatic rings. The van der Waals surface area contributed by atoms with E-state index in [0.29, 0.717) is 11.8 Å². The number of hydrogen-bond acceptors (Lipinski definition) is 3. The van der Waals surface area contributed by atoms with E-state index in [1.165, 1.54) is 11.1 Å². The van der Waals surface area contributed by atoms with Crippen molar-refractivity contribution in [2.75, 3.05) is 40.0 Å². The summed E-state index contributed by atoms with van der Waals surface area (Å²) in [4.78, 5) is 4.33. The van der Waals surface area contributed by atoms with Gasteiger partial charge in [-0.1, -0.05) is 38.1 Å². The zero-order chi connectivity index (χ0) is 19.5. The summed E-state index contributed by atoms with van der Waals surface area (Å²) in [7, 11) is 1.81. The van der Waals surface area contributed by atoms with Gasteiger partial charge in [-0.15, -0.1) is 0 Å². The van der Waals surface area contributed by atoms with Crippen LogP contribution in [0.1, 0.15) is 50.8 Å². The molecule has 2 rings (SSSR count). The highest BCUT2D eigenvalue weighted by molar-refractivity contribution is 5.80. The lowest BCUT2D eigenvalue weighted by molar-refractivity contribution is 0.0888. The molecule has 1 aliphatic rings. The number of guanidine groups is 1. The third kappa shape index (κ3) is 8.31. The van der Waals surface area contributed by atoms with Gasteiger partial charge in [0.1, 0.15) is 0 Å². The van der Waals surface area contributed by atoms with Crippen LogP contribution in [0.2, 0.25) is 0 Å². The van der Waals surface area contributed by atoms with E-state index in [-0.39, 0.29) is 6.04 Å². The number of hydrogen-bond donors (Lipinski definition) is 2. The normalized spacial score (nSPS) is 18.7. The van der Waals surface area contributed by atoms with Crippen molar-refractivity contribution in [3.8, 4) is 0 Å². The van der Waals surface area contributed by atoms with Crippen LogP contribution in [0.4, 0.5) is 0 Å². The number of nitrogens with one attached hydrogen (secondary N) is 2. The molecule has 27 heavy (non-hydrogen) atoms. The second kappa shape index (κ2) is 12.0. The quantitative estimate of drug-likeness (QED) is 0.373. The molecule has 1 fully saturated rings. The average Bonchev–Trinajstić information content (AvgIpc) is 3.17. The van der Waals surface area contributed by atoms with E-state index < -0.39 is 0 Å². The molecular weight excluding hydrogens is 338 g/mol. The standard InChI is InChI=1S/C22H37N3O2/c1-17(2)14-19-6-8-21(9-7-19)18(3)25-22(23-4)24-11-5-12-26-15-20-10-13-27-16-20/h6-9,17-18,20H,5,10-16H2,1-4H3,(H2,23,24,25). The van der Waals surface area contributed by atoms with Gasteiger partial charge in [-0.25, -0.2) is 0 Å². The van der Waals surface area contributed by atoms with Crippen molar-refractivity contribution in [1.29, 1.82) is 0 Å². The first-order valence-corrected chi connectivity index (χ1v) is 10.3. The van der Waals surface area contributed by atoms with E-state index in [9.17, 15) is 0 Å². The van der Waals surface area contributed by atoms with Gasteiger partial charge in [0.2, 0.25) is 0 Å². The summed E-state index contributed by atoms with van der Waals surface area (Å²) in [5.74, 6) is 2.10. The molecule has 2 unspecified atom stereocenters. The molecule has 2 N–H and O–H groups in total. The Labute approximate surface area is 164 Å². The van der Waals surface area contributed by atoms with Gasteiger partial charge >= 0.3 is 0 Å². The Morgan fingerprint density at radius 3 is 2.67 bits per heavy atom. The number of ether oxygens (including phenoxy) is 2. The predicted molar refractivity (Wildman–Crippen MR) is 112 cm³/mol. The van der Waals surface area contributed by atoms with Gasteiger partial charge < -0.3 is 20.1 Å². The first kappa shape index (κ1) is 21.7. The fraction of sp³-hybridized carbons (Fsp3) is 0.682. The molecule has 5 heteroatoms. The molecule has 0 aromatic heterocycles. The molecule has 1 saturated heterocycles. The van der Waals surface area contributed by atoms with Crippen molar-refractivity contribution >= 4 is 5.96 Å². The minimum absolute atomic E-state index is 0.211. The first-order valence-electron chi connectivity index (χ1n) is 10.3. The van der Waals surface area contributed by atoms with E-state index in [2.05, 4.69) is 60.7 Å². The largest absolute Gasteiger partial charge is 0.381 e. The molecule has 0 spiro atoms. The predicted octanol–water partition coefficient (Wildman–Crippen LogP) is 3.55. The Bertz CT molecular complexity index is 551. The van der Waals surface area contributed by atoms with Crippen LogP contribution in [-0.4, -0.2) is 46.0 Å². The molecule has 152 valence electrons. The van der Waals surface area contributed by atoms with Gasteiger partial charge in [-0.2, -0.15) is 0 Å². The fourth-order valence-corrected chi connectivity index (χ4v) is 3.24. The zero-order valence-corrected chi connectivity index (χ0v) is 17.5. The second-order valence-corrected chi connectivity index (χ2v) is 7.86. The van der Waals surface area contributed by atoms with Crippen LogP contribution in [0.15, 0.2) is 29.3 Å².